The zero-order valence-electron chi connectivity index (χ0n) is 10.1. The van der Waals surface area contributed by atoms with Gasteiger partial charge in [0.15, 0.2) is 0 Å². The van der Waals surface area contributed by atoms with E-state index in [0.717, 1.165) is 18.0 Å². The highest BCUT2D eigenvalue weighted by Gasteiger charge is 2.55. The molecule has 0 bridgehead atoms. The molecule has 3 fully saturated rings. The van der Waals surface area contributed by atoms with E-state index < -0.39 is 0 Å². The molecule has 0 amide bonds. The molecule has 1 aliphatic heterocycles. The van der Waals surface area contributed by atoms with Crippen LogP contribution in [0.4, 0.5) is 0 Å². The minimum atomic E-state index is 0.694. The molecule has 2 aliphatic carbocycles. The van der Waals surface area contributed by atoms with Crippen molar-refractivity contribution in [2.24, 2.45) is 11.3 Å². The van der Waals surface area contributed by atoms with E-state index in [2.05, 4.69) is 24.1 Å². The summed E-state index contributed by atoms with van der Waals surface area (Å²) in [5.74, 6) is 1.02. The summed E-state index contributed by atoms with van der Waals surface area (Å²) in [7, 11) is 0. The molecule has 2 nitrogen and oxygen atoms in total. The maximum atomic E-state index is 3.84. The van der Waals surface area contributed by atoms with Gasteiger partial charge in [-0.25, -0.2) is 0 Å². The van der Waals surface area contributed by atoms with Crippen molar-refractivity contribution in [2.45, 2.75) is 51.6 Å². The third-order valence-electron chi connectivity index (χ3n) is 4.65. The molecule has 2 heteroatoms. The summed E-state index contributed by atoms with van der Waals surface area (Å²) in [6, 6.07) is 1.54. The highest BCUT2D eigenvalue weighted by molar-refractivity contribution is 5.10. The van der Waals surface area contributed by atoms with Gasteiger partial charge in [0.1, 0.15) is 0 Å². The maximum Gasteiger partial charge on any atom is 0.0263 e. The van der Waals surface area contributed by atoms with Crippen LogP contribution >= 0.6 is 0 Å². The molecule has 1 atom stereocenters. The fraction of sp³-hybridized carbons (Fsp3) is 1.00. The van der Waals surface area contributed by atoms with E-state index in [9.17, 15) is 0 Å². The van der Waals surface area contributed by atoms with Crippen molar-refractivity contribution < 1.29 is 0 Å². The normalized spacial score (nSPS) is 34.2. The van der Waals surface area contributed by atoms with Crippen molar-refractivity contribution >= 4 is 0 Å². The Kier molecular flexibility index (Phi) is 2.33. The van der Waals surface area contributed by atoms with Crippen molar-refractivity contribution in [2.75, 3.05) is 19.6 Å². The Morgan fingerprint density at radius 2 is 2.07 bits per heavy atom. The second kappa shape index (κ2) is 3.46. The molecule has 3 aliphatic rings. The van der Waals surface area contributed by atoms with Crippen LogP contribution in [0.25, 0.3) is 0 Å². The first-order chi connectivity index (χ1) is 7.20. The van der Waals surface area contributed by atoms with Crippen LogP contribution in [-0.2, 0) is 0 Å². The van der Waals surface area contributed by atoms with Crippen LogP contribution < -0.4 is 5.32 Å². The van der Waals surface area contributed by atoms with E-state index in [-0.39, 0.29) is 0 Å². The van der Waals surface area contributed by atoms with E-state index in [4.69, 9.17) is 0 Å². The number of nitrogens with one attached hydrogen (secondary N) is 1. The Hall–Kier alpha value is -0.0800. The molecule has 2 saturated carbocycles. The SMILES string of the molecule is CC(C)N1CC(NCC2CC2)C2(CC2)C1. The lowest BCUT2D eigenvalue weighted by Gasteiger charge is -2.20. The maximum absolute atomic E-state index is 3.84. The van der Waals surface area contributed by atoms with Gasteiger partial charge in [0.05, 0.1) is 0 Å². The monoisotopic (exact) mass is 208 g/mol. The fourth-order valence-corrected chi connectivity index (χ4v) is 2.98. The zero-order chi connectivity index (χ0) is 10.5. The molecular formula is C13H24N2. The largest absolute Gasteiger partial charge is 0.312 e. The third-order valence-corrected chi connectivity index (χ3v) is 4.65. The molecule has 1 N–H and O–H groups in total. The van der Waals surface area contributed by atoms with Crippen molar-refractivity contribution in [1.82, 2.24) is 10.2 Å². The Balaban J connectivity index is 1.57. The number of hydrogen-bond donors (Lipinski definition) is 1. The molecule has 86 valence electrons. The highest BCUT2D eigenvalue weighted by Crippen LogP contribution is 2.53. The molecule has 3 rings (SSSR count). The van der Waals surface area contributed by atoms with E-state index in [1.165, 1.54) is 45.3 Å². The molecule has 0 aromatic rings. The van der Waals surface area contributed by atoms with E-state index in [1.807, 2.05) is 0 Å². The summed E-state index contributed by atoms with van der Waals surface area (Å²) < 4.78 is 0. The quantitative estimate of drug-likeness (QED) is 0.758. The Morgan fingerprint density at radius 1 is 1.33 bits per heavy atom. The fourth-order valence-electron chi connectivity index (χ4n) is 2.98. The topological polar surface area (TPSA) is 15.3 Å². The van der Waals surface area contributed by atoms with Gasteiger partial charge in [0.2, 0.25) is 0 Å². The van der Waals surface area contributed by atoms with Gasteiger partial charge < -0.3 is 5.32 Å². The number of hydrogen-bond acceptors (Lipinski definition) is 2. The predicted molar refractivity (Wildman–Crippen MR) is 62.9 cm³/mol. The van der Waals surface area contributed by atoms with E-state index in [0.29, 0.717) is 5.41 Å². The summed E-state index contributed by atoms with van der Waals surface area (Å²) in [6.07, 6.45) is 5.89. The second-order valence-corrected chi connectivity index (χ2v) is 6.29. The highest BCUT2D eigenvalue weighted by atomic mass is 15.2. The van der Waals surface area contributed by atoms with Crippen LogP contribution in [0.15, 0.2) is 0 Å². The number of rotatable bonds is 4. The first-order valence-electron chi connectivity index (χ1n) is 6.67. The van der Waals surface area contributed by atoms with Gasteiger partial charge >= 0.3 is 0 Å². The first kappa shape index (κ1) is 10.1. The van der Waals surface area contributed by atoms with Crippen LogP contribution in [0.2, 0.25) is 0 Å². The summed E-state index contributed by atoms with van der Waals surface area (Å²) in [5.41, 5.74) is 0.694. The number of likely N-dealkylation sites (tertiary alicyclic amines) is 1. The lowest BCUT2D eigenvalue weighted by molar-refractivity contribution is 0.260. The lowest BCUT2D eigenvalue weighted by atomic mass is 10.0. The summed E-state index contributed by atoms with van der Waals surface area (Å²) in [6.45, 7) is 8.61. The van der Waals surface area contributed by atoms with Gasteiger partial charge in [-0.2, -0.15) is 0 Å². The van der Waals surface area contributed by atoms with Crippen molar-refractivity contribution in [3.63, 3.8) is 0 Å². The van der Waals surface area contributed by atoms with Crippen LogP contribution in [-0.4, -0.2) is 36.6 Å². The van der Waals surface area contributed by atoms with E-state index in [1.54, 1.807) is 0 Å². The minimum absolute atomic E-state index is 0.694. The lowest BCUT2D eigenvalue weighted by Crippen LogP contribution is -2.39. The predicted octanol–water partition coefficient (Wildman–Crippen LogP) is 1.86. The third kappa shape index (κ3) is 1.94. The molecule has 0 radical (unpaired) electrons. The molecule has 0 aromatic carbocycles. The van der Waals surface area contributed by atoms with Gasteiger partial charge in [-0.3, -0.25) is 4.90 Å². The van der Waals surface area contributed by atoms with Gasteiger partial charge in [0, 0.05) is 25.2 Å². The molecule has 1 spiro atoms. The van der Waals surface area contributed by atoms with Gasteiger partial charge in [-0.1, -0.05) is 0 Å². The average Bonchev–Trinajstić information content (AvgIpc) is 3.04. The van der Waals surface area contributed by atoms with Crippen LogP contribution in [0.1, 0.15) is 39.5 Å². The average molecular weight is 208 g/mol. The van der Waals surface area contributed by atoms with Gasteiger partial charge in [-0.05, 0) is 57.4 Å². The van der Waals surface area contributed by atoms with Crippen molar-refractivity contribution in [3.05, 3.63) is 0 Å². The molecular weight excluding hydrogens is 184 g/mol. The van der Waals surface area contributed by atoms with Crippen LogP contribution in [0.3, 0.4) is 0 Å². The molecule has 1 saturated heterocycles. The molecule has 1 unspecified atom stereocenters. The van der Waals surface area contributed by atoms with Crippen molar-refractivity contribution in [1.29, 1.82) is 0 Å². The molecule has 15 heavy (non-hydrogen) atoms. The number of nitrogens with zero attached hydrogens (tertiary/aromatic N) is 1. The second-order valence-electron chi connectivity index (χ2n) is 6.29. The Morgan fingerprint density at radius 3 is 2.60 bits per heavy atom. The van der Waals surface area contributed by atoms with Gasteiger partial charge in [-0.15, -0.1) is 0 Å². The zero-order valence-corrected chi connectivity index (χ0v) is 10.1. The first-order valence-corrected chi connectivity index (χ1v) is 6.67. The standard InChI is InChI=1S/C13H24N2/c1-10(2)15-8-12(13(9-15)5-6-13)14-7-11-3-4-11/h10-12,14H,3-9H2,1-2H3. The summed E-state index contributed by atoms with van der Waals surface area (Å²) >= 11 is 0. The van der Waals surface area contributed by atoms with E-state index >= 15 is 0 Å². The molecule has 0 aromatic heterocycles. The summed E-state index contributed by atoms with van der Waals surface area (Å²) in [5, 5.41) is 3.84. The Bertz CT molecular complexity index is 241. The smallest absolute Gasteiger partial charge is 0.0263 e. The Labute approximate surface area is 93.4 Å². The van der Waals surface area contributed by atoms with Crippen molar-refractivity contribution in [3.8, 4) is 0 Å². The summed E-state index contributed by atoms with van der Waals surface area (Å²) in [4.78, 5) is 2.66. The van der Waals surface area contributed by atoms with Crippen LogP contribution in [0.5, 0.6) is 0 Å². The van der Waals surface area contributed by atoms with Gasteiger partial charge in [0.25, 0.3) is 0 Å². The minimum Gasteiger partial charge on any atom is -0.312 e. The van der Waals surface area contributed by atoms with Crippen LogP contribution in [0, 0.1) is 11.3 Å². The molecule has 1 heterocycles.